The van der Waals surface area contributed by atoms with Crippen LogP contribution in [-0.4, -0.2) is 44.4 Å². The van der Waals surface area contributed by atoms with Crippen LogP contribution in [0.4, 0.5) is 0 Å². The number of H-pyrrole nitrogens is 1. The van der Waals surface area contributed by atoms with Crippen molar-refractivity contribution in [1.29, 1.82) is 0 Å². The highest BCUT2D eigenvalue weighted by atomic mass is 32.2. The van der Waals surface area contributed by atoms with Crippen molar-refractivity contribution < 1.29 is 23.7 Å². The van der Waals surface area contributed by atoms with Crippen LogP contribution in [0.2, 0.25) is 0 Å². The summed E-state index contributed by atoms with van der Waals surface area (Å²) in [6.07, 6.45) is 4.14. The molecule has 1 aromatic heterocycles. The fourth-order valence-corrected chi connectivity index (χ4v) is 4.30. The Labute approximate surface area is 179 Å². The Bertz CT molecular complexity index is 949. The van der Waals surface area contributed by atoms with Crippen molar-refractivity contribution in [2.24, 2.45) is 0 Å². The van der Waals surface area contributed by atoms with E-state index in [2.05, 4.69) is 9.97 Å². The third-order valence-electron chi connectivity index (χ3n) is 4.56. The molecule has 0 aliphatic carbocycles. The number of carbonyl (C=O) groups is 1. The third-order valence-corrected chi connectivity index (χ3v) is 5.79. The van der Waals surface area contributed by atoms with Crippen LogP contribution in [0.5, 0.6) is 17.2 Å². The second-order valence-electron chi connectivity index (χ2n) is 6.31. The minimum absolute atomic E-state index is 0.0732. The van der Waals surface area contributed by atoms with Gasteiger partial charge in [0.2, 0.25) is 0 Å². The summed E-state index contributed by atoms with van der Waals surface area (Å²) in [6, 6.07) is 11.0. The lowest BCUT2D eigenvalue weighted by molar-refractivity contribution is 0.0600. The number of imidazole rings is 1. The summed E-state index contributed by atoms with van der Waals surface area (Å²) in [5.74, 6) is 2.47. The van der Waals surface area contributed by atoms with E-state index in [9.17, 15) is 4.79 Å². The molecule has 2 aromatic carbocycles. The first kappa shape index (κ1) is 21.6. The van der Waals surface area contributed by atoms with E-state index in [-0.39, 0.29) is 11.2 Å². The van der Waals surface area contributed by atoms with Gasteiger partial charge in [-0.3, -0.25) is 0 Å². The molecule has 8 heteroatoms. The summed E-state index contributed by atoms with van der Waals surface area (Å²) >= 11 is 1.63. The number of benzene rings is 2. The number of hydrogen-bond donors (Lipinski definition) is 1. The topological polar surface area (TPSA) is 82.7 Å². The maximum Gasteiger partial charge on any atom is 0.337 e. The average Bonchev–Trinajstić information content (AvgIpc) is 3.30. The molecule has 0 radical (unpaired) electrons. The Morgan fingerprint density at radius 3 is 2.20 bits per heavy atom. The number of hydrogen-bond acceptors (Lipinski definition) is 7. The van der Waals surface area contributed by atoms with Crippen molar-refractivity contribution in [3.63, 3.8) is 0 Å². The van der Waals surface area contributed by atoms with Gasteiger partial charge in [0.05, 0.1) is 39.6 Å². The lowest BCUT2D eigenvalue weighted by atomic mass is 10.1. The maximum absolute atomic E-state index is 11.7. The Hall–Kier alpha value is -3.13. The van der Waals surface area contributed by atoms with E-state index >= 15 is 0 Å². The van der Waals surface area contributed by atoms with Crippen molar-refractivity contribution in [2.75, 3.05) is 28.4 Å². The third kappa shape index (κ3) is 4.88. The van der Waals surface area contributed by atoms with Crippen molar-refractivity contribution in [3.8, 4) is 17.2 Å². The zero-order chi connectivity index (χ0) is 21.5. The van der Waals surface area contributed by atoms with Gasteiger partial charge in [-0.1, -0.05) is 0 Å². The van der Waals surface area contributed by atoms with Gasteiger partial charge in [-0.25, -0.2) is 9.78 Å². The molecule has 7 nitrogen and oxygen atoms in total. The van der Waals surface area contributed by atoms with Crippen molar-refractivity contribution in [1.82, 2.24) is 9.97 Å². The van der Waals surface area contributed by atoms with Gasteiger partial charge in [-0.15, -0.1) is 11.8 Å². The number of nitrogens with one attached hydrogen (secondary N) is 1. The minimum atomic E-state index is -0.364. The molecule has 3 rings (SSSR count). The number of aromatic amines is 1. The molecule has 30 heavy (non-hydrogen) atoms. The summed E-state index contributed by atoms with van der Waals surface area (Å²) < 4.78 is 21.5. The Morgan fingerprint density at radius 2 is 1.70 bits per heavy atom. The van der Waals surface area contributed by atoms with Gasteiger partial charge in [0.1, 0.15) is 23.1 Å². The number of nitrogens with zero attached hydrogens (tertiary/aromatic N) is 1. The molecule has 0 saturated carbocycles. The lowest BCUT2D eigenvalue weighted by Gasteiger charge is -2.22. The van der Waals surface area contributed by atoms with Gasteiger partial charge >= 0.3 is 5.97 Å². The molecule has 3 aromatic rings. The molecule has 0 saturated heterocycles. The number of aromatic nitrogens is 2. The number of methoxy groups -OCH3 is 4. The highest BCUT2D eigenvalue weighted by Crippen LogP contribution is 2.47. The van der Waals surface area contributed by atoms with Gasteiger partial charge in [0.15, 0.2) is 0 Å². The fraction of sp³-hybridized carbons (Fsp3) is 0.273. The monoisotopic (exact) mass is 428 g/mol. The zero-order valence-electron chi connectivity index (χ0n) is 17.3. The SMILES string of the molecule is COC(=O)c1ccc(SC(Cc2ncc[nH]2)c2c(OC)cc(OC)cc2OC)cc1. The van der Waals surface area contributed by atoms with E-state index in [0.29, 0.717) is 29.2 Å². The minimum Gasteiger partial charge on any atom is -0.496 e. The van der Waals surface area contributed by atoms with Crippen molar-refractivity contribution in [3.05, 3.63) is 65.7 Å². The summed E-state index contributed by atoms with van der Waals surface area (Å²) in [6.45, 7) is 0. The quantitative estimate of drug-likeness (QED) is 0.402. The molecule has 1 unspecified atom stereocenters. The van der Waals surface area contributed by atoms with Crippen molar-refractivity contribution in [2.45, 2.75) is 16.6 Å². The molecule has 0 aliphatic rings. The molecule has 1 heterocycles. The van der Waals surface area contributed by atoms with Gasteiger partial charge in [-0.2, -0.15) is 0 Å². The number of ether oxygens (including phenoxy) is 4. The van der Waals surface area contributed by atoms with E-state index in [1.165, 1.54) is 7.11 Å². The molecule has 0 fully saturated rings. The Balaban J connectivity index is 2.00. The number of thioether (sulfide) groups is 1. The molecule has 0 amide bonds. The van der Waals surface area contributed by atoms with Crippen LogP contribution in [0.1, 0.15) is 27.0 Å². The van der Waals surface area contributed by atoms with E-state index in [4.69, 9.17) is 18.9 Å². The largest absolute Gasteiger partial charge is 0.496 e. The fourth-order valence-electron chi connectivity index (χ4n) is 3.09. The first-order valence-electron chi connectivity index (χ1n) is 9.22. The number of carbonyl (C=O) groups excluding carboxylic acids is 1. The normalized spacial score (nSPS) is 11.6. The van der Waals surface area contributed by atoms with Crippen LogP contribution in [-0.2, 0) is 11.2 Å². The first-order valence-corrected chi connectivity index (χ1v) is 10.1. The summed E-state index contributed by atoms with van der Waals surface area (Å²) in [7, 11) is 6.22. The Kier molecular flexibility index (Phi) is 7.24. The van der Waals surface area contributed by atoms with Gasteiger partial charge in [0, 0.05) is 41.1 Å². The molecule has 1 atom stereocenters. The van der Waals surface area contributed by atoms with Crippen LogP contribution in [0.25, 0.3) is 0 Å². The van der Waals surface area contributed by atoms with Crippen LogP contribution < -0.4 is 14.2 Å². The summed E-state index contributed by atoms with van der Waals surface area (Å²) in [4.78, 5) is 20.2. The van der Waals surface area contributed by atoms with Crippen molar-refractivity contribution >= 4 is 17.7 Å². The lowest BCUT2D eigenvalue weighted by Crippen LogP contribution is -2.06. The standard InChI is InChI=1S/C22H24N2O5S/c1-26-15-11-17(27-2)21(18(12-15)28-3)19(13-20-23-9-10-24-20)30-16-7-5-14(6-8-16)22(25)29-4/h5-12,19H,13H2,1-4H3,(H,23,24). The zero-order valence-corrected chi connectivity index (χ0v) is 18.1. The molecule has 0 aliphatic heterocycles. The Morgan fingerprint density at radius 1 is 1.03 bits per heavy atom. The van der Waals surface area contributed by atoms with E-state index in [1.807, 2.05) is 24.3 Å². The average molecular weight is 429 g/mol. The van der Waals surface area contributed by atoms with Crippen LogP contribution in [0, 0.1) is 0 Å². The predicted octanol–water partition coefficient (Wildman–Crippen LogP) is 4.30. The van der Waals surface area contributed by atoms with E-state index < -0.39 is 0 Å². The smallest absolute Gasteiger partial charge is 0.337 e. The first-order chi connectivity index (χ1) is 14.6. The molecule has 1 N–H and O–H groups in total. The second kappa shape index (κ2) is 10.1. The maximum atomic E-state index is 11.7. The van der Waals surface area contributed by atoms with Crippen LogP contribution in [0.3, 0.4) is 0 Å². The molecule has 158 valence electrons. The van der Waals surface area contributed by atoms with E-state index in [0.717, 1.165) is 16.3 Å². The number of rotatable bonds is 9. The van der Waals surface area contributed by atoms with E-state index in [1.54, 1.807) is 57.6 Å². The number of esters is 1. The van der Waals surface area contributed by atoms with Gasteiger partial charge in [-0.05, 0) is 24.3 Å². The summed E-state index contributed by atoms with van der Waals surface area (Å²) in [5.41, 5.74) is 1.41. The molecule has 0 bridgehead atoms. The highest BCUT2D eigenvalue weighted by molar-refractivity contribution is 7.99. The van der Waals surface area contributed by atoms with Crippen LogP contribution >= 0.6 is 11.8 Å². The summed E-state index contributed by atoms with van der Waals surface area (Å²) in [5, 5.41) is -0.0732. The second-order valence-corrected chi connectivity index (χ2v) is 7.58. The molecule has 0 spiro atoms. The molecular weight excluding hydrogens is 404 g/mol. The van der Waals surface area contributed by atoms with Crippen LogP contribution in [0.15, 0.2) is 53.7 Å². The molecular formula is C22H24N2O5S. The highest BCUT2D eigenvalue weighted by Gasteiger charge is 2.25. The van der Waals surface area contributed by atoms with Gasteiger partial charge in [0.25, 0.3) is 0 Å². The predicted molar refractivity (Wildman–Crippen MR) is 115 cm³/mol. The van der Waals surface area contributed by atoms with Gasteiger partial charge < -0.3 is 23.9 Å².